The lowest BCUT2D eigenvalue weighted by Crippen LogP contribution is -2.43. The highest BCUT2D eigenvalue weighted by Crippen LogP contribution is 2.29. The van der Waals surface area contributed by atoms with Crippen molar-refractivity contribution in [2.24, 2.45) is 5.73 Å². The van der Waals surface area contributed by atoms with Crippen LogP contribution in [0.1, 0.15) is 18.4 Å². The molecule has 5 nitrogen and oxygen atoms in total. The minimum atomic E-state index is 0.0759. The number of aromatic nitrogens is 1. The maximum absolute atomic E-state index is 7.59. The van der Waals surface area contributed by atoms with Crippen LogP contribution >= 0.6 is 0 Å². The quantitative estimate of drug-likeness (QED) is 0.582. The van der Waals surface area contributed by atoms with Crippen molar-refractivity contribution >= 4 is 11.7 Å². The molecule has 3 N–H and O–H groups in total. The summed E-state index contributed by atoms with van der Waals surface area (Å²) in [5.41, 5.74) is 6.31. The summed E-state index contributed by atoms with van der Waals surface area (Å²) in [5, 5.41) is 7.59. The van der Waals surface area contributed by atoms with Gasteiger partial charge in [-0.1, -0.05) is 0 Å². The minimum absolute atomic E-state index is 0.0759. The first-order valence-electron chi connectivity index (χ1n) is 5.94. The number of hydrogen-bond donors (Lipinski definition) is 2. The number of ether oxygens (including phenoxy) is 1. The van der Waals surface area contributed by atoms with Gasteiger partial charge in [-0.3, -0.25) is 5.41 Å². The molecule has 0 aromatic carbocycles. The largest absolute Gasteiger partial charge is 0.384 e. The second-order valence-corrected chi connectivity index (χ2v) is 4.65. The summed E-state index contributed by atoms with van der Waals surface area (Å²) in [6.07, 6.45) is 4.64. The third-order valence-corrected chi connectivity index (χ3v) is 3.42. The fourth-order valence-electron chi connectivity index (χ4n) is 2.65. The van der Waals surface area contributed by atoms with Crippen LogP contribution in [-0.2, 0) is 4.74 Å². The number of nitrogens with zero attached hydrogens (tertiary/aromatic N) is 2. The summed E-state index contributed by atoms with van der Waals surface area (Å²) in [6, 6.07) is 3.66. The second-order valence-electron chi connectivity index (χ2n) is 4.65. The zero-order chi connectivity index (χ0) is 11.8. The van der Waals surface area contributed by atoms with E-state index in [0.29, 0.717) is 17.8 Å². The summed E-state index contributed by atoms with van der Waals surface area (Å²) in [6.45, 7) is 1.71. The molecule has 2 saturated heterocycles. The molecule has 1 aromatic rings. The van der Waals surface area contributed by atoms with Gasteiger partial charge in [0.25, 0.3) is 0 Å². The molecular formula is C12H16N4O. The van der Waals surface area contributed by atoms with E-state index in [-0.39, 0.29) is 5.84 Å². The van der Waals surface area contributed by atoms with E-state index in [9.17, 15) is 0 Å². The van der Waals surface area contributed by atoms with Crippen LogP contribution in [0.5, 0.6) is 0 Å². The molecule has 2 aliphatic rings. The molecule has 2 bridgehead atoms. The van der Waals surface area contributed by atoms with Gasteiger partial charge in [-0.25, -0.2) is 4.98 Å². The van der Waals surface area contributed by atoms with Crippen LogP contribution in [0.3, 0.4) is 0 Å². The Morgan fingerprint density at radius 1 is 1.41 bits per heavy atom. The van der Waals surface area contributed by atoms with Gasteiger partial charge in [0, 0.05) is 19.3 Å². The molecule has 0 amide bonds. The molecule has 0 spiro atoms. The zero-order valence-corrected chi connectivity index (χ0v) is 9.60. The first-order valence-corrected chi connectivity index (χ1v) is 5.94. The Balaban J connectivity index is 1.91. The molecule has 0 aliphatic carbocycles. The third-order valence-electron chi connectivity index (χ3n) is 3.42. The first kappa shape index (κ1) is 10.5. The predicted molar refractivity (Wildman–Crippen MR) is 65.4 cm³/mol. The predicted octanol–water partition coefficient (Wildman–Crippen LogP) is 0.733. The number of fused-ring (bicyclic) bond motifs is 2. The average Bonchev–Trinajstić information content (AvgIpc) is 2.68. The highest BCUT2D eigenvalue weighted by atomic mass is 16.5. The molecule has 3 rings (SSSR count). The van der Waals surface area contributed by atoms with Gasteiger partial charge in [0.05, 0.1) is 17.8 Å². The van der Waals surface area contributed by atoms with Crippen molar-refractivity contribution in [2.75, 3.05) is 18.0 Å². The van der Waals surface area contributed by atoms with Crippen molar-refractivity contribution in [3.63, 3.8) is 0 Å². The molecule has 17 heavy (non-hydrogen) atoms. The van der Waals surface area contributed by atoms with E-state index in [2.05, 4.69) is 9.88 Å². The number of anilines is 1. The smallest absolute Gasteiger partial charge is 0.139 e. The standard InChI is InChI=1S/C12H16N4O/c13-11(14)10-2-1-5-15-12(10)16-6-8-3-4-9(7-16)17-8/h1-2,5,8-9H,3-4,6-7H2,(H3,13,14). The zero-order valence-electron chi connectivity index (χ0n) is 9.60. The van der Waals surface area contributed by atoms with E-state index >= 15 is 0 Å². The van der Waals surface area contributed by atoms with Crippen LogP contribution in [0.15, 0.2) is 18.3 Å². The molecule has 2 aliphatic heterocycles. The van der Waals surface area contributed by atoms with Gasteiger partial charge in [-0.05, 0) is 25.0 Å². The van der Waals surface area contributed by atoms with Gasteiger partial charge >= 0.3 is 0 Å². The second kappa shape index (κ2) is 4.00. The van der Waals surface area contributed by atoms with Crippen LogP contribution in [0.4, 0.5) is 5.82 Å². The lowest BCUT2D eigenvalue weighted by Gasteiger charge is -2.33. The lowest BCUT2D eigenvalue weighted by molar-refractivity contribution is 0.0302. The molecule has 2 unspecified atom stereocenters. The SMILES string of the molecule is N=C(N)c1cccnc1N1CC2CCC(C1)O2. The number of nitrogen functional groups attached to an aromatic ring is 1. The summed E-state index contributed by atoms with van der Waals surface area (Å²) in [4.78, 5) is 6.57. The van der Waals surface area contributed by atoms with E-state index in [4.69, 9.17) is 15.9 Å². The Hall–Kier alpha value is -1.62. The van der Waals surface area contributed by atoms with Gasteiger partial charge in [0.15, 0.2) is 0 Å². The molecule has 3 heterocycles. The van der Waals surface area contributed by atoms with E-state index in [1.807, 2.05) is 12.1 Å². The van der Waals surface area contributed by atoms with Crippen molar-refractivity contribution in [3.05, 3.63) is 23.9 Å². The number of pyridine rings is 1. The monoisotopic (exact) mass is 232 g/mol. The summed E-state index contributed by atoms with van der Waals surface area (Å²) in [5.74, 6) is 0.895. The minimum Gasteiger partial charge on any atom is -0.384 e. The van der Waals surface area contributed by atoms with Crippen LogP contribution < -0.4 is 10.6 Å². The Morgan fingerprint density at radius 3 is 2.76 bits per heavy atom. The van der Waals surface area contributed by atoms with Crippen molar-refractivity contribution in [3.8, 4) is 0 Å². The number of rotatable bonds is 2. The number of hydrogen-bond acceptors (Lipinski definition) is 4. The molecule has 0 saturated carbocycles. The Kier molecular flexibility index (Phi) is 2.48. The molecule has 2 fully saturated rings. The van der Waals surface area contributed by atoms with Gasteiger partial charge in [0.1, 0.15) is 11.7 Å². The Labute approximate surface area is 100 Å². The summed E-state index contributed by atoms with van der Waals surface area (Å²) in [7, 11) is 0. The highest BCUT2D eigenvalue weighted by Gasteiger charge is 2.34. The molecule has 5 heteroatoms. The fourth-order valence-corrected chi connectivity index (χ4v) is 2.65. The maximum Gasteiger partial charge on any atom is 0.139 e. The molecule has 2 atom stereocenters. The number of amidine groups is 1. The normalized spacial score (nSPS) is 27.2. The van der Waals surface area contributed by atoms with Gasteiger partial charge < -0.3 is 15.4 Å². The molecule has 0 radical (unpaired) electrons. The topological polar surface area (TPSA) is 75.2 Å². The maximum atomic E-state index is 7.59. The van der Waals surface area contributed by atoms with E-state index in [0.717, 1.165) is 31.7 Å². The van der Waals surface area contributed by atoms with Crippen LogP contribution in [-0.4, -0.2) is 36.1 Å². The van der Waals surface area contributed by atoms with E-state index in [1.165, 1.54) is 0 Å². The Bertz CT molecular complexity index is 436. The van der Waals surface area contributed by atoms with Crippen molar-refractivity contribution in [1.29, 1.82) is 5.41 Å². The number of nitrogens with one attached hydrogen (secondary N) is 1. The van der Waals surface area contributed by atoms with Crippen LogP contribution in [0.25, 0.3) is 0 Å². The highest BCUT2D eigenvalue weighted by molar-refractivity contribution is 5.99. The molecule has 90 valence electrons. The average molecular weight is 232 g/mol. The van der Waals surface area contributed by atoms with Gasteiger partial charge in [-0.15, -0.1) is 0 Å². The number of nitrogens with two attached hydrogens (primary N) is 1. The van der Waals surface area contributed by atoms with E-state index < -0.39 is 0 Å². The lowest BCUT2D eigenvalue weighted by atomic mass is 10.2. The van der Waals surface area contributed by atoms with Crippen molar-refractivity contribution in [2.45, 2.75) is 25.0 Å². The molecule has 1 aromatic heterocycles. The Morgan fingerprint density at radius 2 is 2.12 bits per heavy atom. The van der Waals surface area contributed by atoms with Crippen LogP contribution in [0.2, 0.25) is 0 Å². The van der Waals surface area contributed by atoms with Gasteiger partial charge in [-0.2, -0.15) is 0 Å². The summed E-state index contributed by atoms with van der Waals surface area (Å²) < 4.78 is 5.79. The third kappa shape index (κ3) is 1.86. The molecular weight excluding hydrogens is 216 g/mol. The van der Waals surface area contributed by atoms with E-state index in [1.54, 1.807) is 6.20 Å². The van der Waals surface area contributed by atoms with Gasteiger partial charge in [0.2, 0.25) is 0 Å². The first-order chi connectivity index (χ1) is 8.24. The van der Waals surface area contributed by atoms with Crippen LogP contribution in [0, 0.1) is 5.41 Å². The van der Waals surface area contributed by atoms with Crippen molar-refractivity contribution in [1.82, 2.24) is 4.98 Å². The summed E-state index contributed by atoms with van der Waals surface area (Å²) >= 11 is 0. The fraction of sp³-hybridized carbons (Fsp3) is 0.500. The number of morpholine rings is 1. The van der Waals surface area contributed by atoms with Crippen molar-refractivity contribution < 1.29 is 4.74 Å².